The largest absolute Gasteiger partial charge is 0.334 e. The van der Waals surface area contributed by atoms with Gasteiger partial charge in [-0.05, 0) is 48.6 Å². The molecular weight excluding hydrogens is 344 g/mol. The first-order valence-electron chi connectivity index (χ1n) is 7.82. The van der Waals surface area contributed by atoms with Gasteiger partial charge in [0.25, 0.3) is 5.91 Å². The van der Waals surface area contributed by atoms with Crippen LogP contribution in [0.25, 0.3) is 0 Å². The highest BCUT2D eigenvalue weighted by Crippen LogP contribution is 2.31. The smallest absolute Gasteiger partial charge is 0.254 e. The Morgan fingerprint density at radius 2 is 2.12 bits per heavy atom. The van der Waals surface area contributed by atoms with E-state index in [1.807, 2.05) is 30.5 Å². The van der Waals surface area contributed by atoms with E-state index in [1.165, 1.54) is 10.6 Å². The Kier molecular flexibility index (Phi) is 4.64. The molecule has 5 nitrogen and oxygen atoms in total. The molecule has 0 spiro atoms. The molecule has 0 fully saturated rings. The first-order chi connectivity index (χ1) is 11.4. The van der Waals surface area contributed by atoms with Crippen molar-refractivity contribution in [2.75, 3.05) is 23.7 Å². The second-order valence-electron chi connectivity index (χ2n) is 5.83. The Labute approximate surface area is 146 Å². The fraction of sp³-hybridized carbons (Fsp3) is 0.353. The number of nitrogens with zero attached hydrogens (tertiary/aromatic N) is 2. The van der Waals surface area contributed by atoms with Gasteiger partial charge in [0.1, 0.15) is 0 Å². The van der Waals surface area contributed by atoms with Gasteiger partial charge in [-0.3, -0.25) is 9.10 Å². The molecule has 1 aliphatic rings. The molecule has 0 radical (unpaired) electrons. The van der Waals surface area contributed by atoms with E-state index in [1.54, 1.807) is 28.4 Å². The summed E-state index contributed by atoms with van der Waals surface area (Å²) in [5, 5.41) is 2.00. The zero-order valence-electron chi connectivity index (χ0n) is 13.7. The molecular formula is C17H20N2O3S2. The van der Waals surface area contributed by atoms with E-state index in [9.17, 15) is 13.2 Å². The van der Waals surface area contributed by atoms with Crippen molar-refractivity contribution in [2.24, 2.45) is 0 Å². The summed E-state index contributed by atoms with van der Waals surface area (Å²) in [4.78, 5) is 15.7. The zero-order chi connectivity index (χ0) is 17.3. The maximum absolute atomic E-state index is 12.8. The van der Waals surface area contributed by atoms with Crippen molar-refractivity contribution in [3.05, 3.63) is 51.7 Å². The Morgan fingerprint density at radius 1 is 1.33 bits per heavy atom. The highest BCUT2D eigenvalue weighted by Gasteiger charge is 2.27. The van der Waals surface area contributed by atoms with Gasteiger partial charge in [-0.15, -0.1) is 11.3 Å². The minimum atomic E-state index is -3.26. The van der Waals surface area contributed by atoms with E-state index in [-0.39, 0.29) is 5.91 Å². The summed E-state index contributed by atoms with van der Waals surface area (Å²) in [6, 6.07) is 9.30. The highest BCUT2D eigenvalue weighted by atomic mass is 32.2. The quantitative estimate of drug-likeness (QED) is 0.820. The molecule has 3 rings (SSSR count). The van der Waals surface area contributed by atoms with Crippen LogP contribution in [0.3, 0.4) is 0 Å². The minimum absolute atomic E-state index is 0.0218. The SMILES string of the molecule is CCN(Cc1cccs1)C(=O)c1ccc2c(c1)CCN2S(C)(=O)=O. The number of rotatable bonds is 5. The van der Waals surface area contributed by atoms with Gasteiger partial charge >= 0.3 is 0 Å². The lowest BCUT2D eigenvalue weighted by molar-refractivity contribution is 0.0754. The number of sulfonamides is 1. The fourth-order valence-electron chi connectivity index (χ4n) is 2.95. The Hall–Kier alpha value is -1.86. The normalized spacial score (nSPS) is 13.8. The Bertz CT molecular complexity index is 845. The van der Waals surface area contributed by atoms with Gasteiger partial charge in [0.2, 0.25) is 10.0 Å². The van der Waals surface area contributed by atoms with Gasteiger partial charge in [0.15, 0.2) is 0 Å². The molecule has 2 aromatic rings. The molecule has 1 amide bonds. The van der Waals surface area contributed by atoms with E-state index in [0.717, 1.165) is 10.4 Å². The van der Waals surface area contributed by atoms with Crippen LogP contribution in [-0.4, -0.2) is 38.6 Å². The fourth-order valence-corrected chi connectivity index (χ4v) is 4.63. The Morgan fingerprint density at radius 3 is 2.75 bits per heavy atom. The maximum Gasteiger partial charge on any atom is 0.254 e. The number of anilines is 1. The molecule has 0 unspecified atom stereocenters. The molecule has 24 heavy (non-hydrogen) atoms. The third kappa shape index (κ3) is 3.32. The molecule has 2 heterocycles. The lowest BCUT2D eigenvalue weighted by atomic mass is 10.1. The molecule has 0 bridgehead atoms. The van der Waals surface area contributed by atoms with Crippen LogP contribution in [0.15, 0.2) is 35.7 Å². The van der Waals surface area contributed by atoms with Crippen molar-refractivity contribution in [1.29, 1.82) is 0 Å². The number of carbonyl (C=O) groups is 1. The standard InChI is InChI=1S/C17H20N2O3S2/c1-3-18(12-15-5-4-10-23-15)17(20)14-6-7-16-13(11-14)8-9-19(16)24(2,21)22/h4-7,10-11H,3,8-9,12H2,1-2H3. The van der Waals surface area contributed by atoms with Gasteiger partial charge < -0.3 is 4.90 Å². The van der Waals surface area contributed by atoms with Crippen molar-refractivity contribution < 1.29 is 13.2 Å². The van der Waals surface area contributed by atoms with Gasteiger partial charge in [-0.25, -0.2) is 8.42 Å². The van der Waals surface area contributed by atoms with Crippen molar-refractivity contribution in [3.63, 3.8) is 0 Å². The van der Waals surface area contributed by atoms with Gasteiger partial charge in [-0.1, -0.05) is 6.07 Å². The summed E-state index contributed by atoms with van der Waals surface area (Å²) in [5.74, 6) is -0.0218. The van der Waals surface area contributed by atoms with E-state index in [0.29, 0.717) is 37.3 Å². The summed E-state index contributed by atoms with van der Waals surface area (Å²) in [7, 11) is -3.26. The lowest BCUT2D eigenvalue weighted by Crippen LogP contribution is -2.30. The number of thiophene rings is 1. The molecule has 7 heteroatoms. The van der Waals surface area contributed by atoms with E-state index in [2.05, 4.69) is 0 Å². The van der Waals surface area contributed by atoms with Crippen LogP contribution in [0.4, 0.5) is 5.69 Å². The topological polar surface area (TPSA) is 57.7 Å². The molecule has 0 aliphatic carbocycles. The van der Waals surface area contributed by atoms with Crippen LogP contribution in [0.1, 0.15) is 27.7 Å². The lowest BCUT2D eigenvalue weighted by Gasteiger charge is -2.21. The number of amides is 1. The predicted octanol–water partition coefficient (Wildman–Crippen LogP) is 2.73. The van der Waals surface area contributed by atoms with Crippen LogP contribution in [0.5, 0.6) is 0 Å². The second kappa shape index (κ2) is 6.57. The summed E-state index contributed by atoms with van der Waals surface area (Å²) < 4.78 is 25.0. The zero-order valence-corrected chi connectivity index (χ0v) is 15.4. The first-order valence-corrected chi connectivity index (χ1v) is 10.5. The molecule has 128 valence electrons. The predicted molar refractivity (Wildman–Crippen MR) is 97.1 cm³/mol. The monoisotopic (exact) mass is 364 g/mol. The van der Waals surface area contributed by atoms with E-state index in [4.69, 9.17) is 0 Å². The third-order valence-corrected chi connectivity index (χ3v) is 6.22. The van der Waals surface area contributed by atoms with Crippen LogP contribution < -0.4 is 4.31 Å². The number of fused-ring (bicyclic) bond motifs is 1. The number of hydrogen-bond donors (Lipinski definition) is 0. The molecule has 1 aromatic heterocycles. The maximum atomic E-state index is 12.8. The molecule has 0 saturated carbocycles. The molecule has 0 atom stereocenters. The first kappa shape index (κ1) is 17.0. The third-order valence-electron chi connectivity index (χ3n) is 4.18. The van der Waals surface area contributed by atoms with Crippen molar-refractivity contribution in [3.8, 4) is 0 Å². The van der Waals surface area contributed by atoms with Crippen LogP contribution in [0, 0.1) is 0 Å². The molecule has 1 aliphatic heterocycles. The van der Waals surface area contributed by atoms with Gasteiger partial charge in [0.05, 0.1) is 18.5 Å². The highest BCUT2D eigenvalue weighted by molar-refractivity contribution is 7.92. The van der Waals surface area contributed by atoms with E-state index < -0.39 is 10.0 Å². The average Bonchev–Trinajstić information content (AvgIpc) is 3.19. The summed E-state index contributed by atoms with van der Waals surface area (Å²) in [5.41, 5.74) is 2.22. The summed E-state index contributed by atoms with van der Waals surface area (Å²) in [6.07, 6.45) is 1.85. The Balaban J connectivity index is 1.84. The van der Waals surface area contributed by atoms with E-state index >= 15 is 0 Å². The van der Waals surface area contributed by atoms with Crippen molar-refractivity contribution in [1.82, 2.24) is 4.90 Å². The van der Waals surface area contributed by atoms with Crippen LogP contribution >= 0.6 is 11.3 Å². The molecule has 1 aromatic carbocycles. The molecule has 0 saturated heterocycles. The number of hydrogen-bond acceptors (Lipinski definition) is 4. The van der Waals surface area contributed by atoms with Gasteiger partial charge in [-0.2, -0.15) is 0 Å². The van der Waals surface area contributed by atoms with Crippen molar-refractivity contribution >= 4 is 33.0 Å². The molecule has 0 N–H and O–H groups in total. The van der Waals surface area contributed by atoms with Gasteiger partial charge in [0, 0.05) is 23.5 Å². The summed E-state index contributed by atoms with van der Waals surface area (Å²) >= 11 is 1.64. The average molecular weight is 364 g/mol. The van der Waals surface area contributed by atoms with Crippen LogP contribution in [-0.2, 0) is 23.0 Å². The summed E-state index contributed by atoms with van der Waals surface area (Å²) in [6.45, 7) is 3.63. The van der Waals surface area contributed by atoms with Crippen LogP contribution in [0.2, 0.25) is 0 Å². The minimum Gasteiger partial charge on any atom is -0.334 e. The second-order valence-corrected chi connectivity index (χ2v) is 8.77. The number of carbonyl (C=O) groups excluding carboxylic acids is 1. The number of benzene rings is 1. The van der Waals surface area contributed by atoms with Crippen molar-refractivity contribution in [2.45, 2.75) is 19.9 Å².